The third-order valence-electron chi connectivity index (χ3n) is 3.14. The van der Waals surface area contributed by atoms with E-state index in [0.717, 1.165) is 5.56 Å². The second-order valence-electron chi connectivity index (χ2n) is 4.68. The quantitative estimate of drug-likeness (QED) is 0.867. The van der Waals surface area contributed by atoms with Crippen molar-refractivity contribution in [1.29, 1.82) is 0 Å². The van der Waals surface area contributed by atoms with Crippen LogP contribution in [0.3, 0.4) is 0 Å². The summed E-state index contributed by atoms with van der Waals surface area (Å²) < 4.78 is 27.6. The predicted octanol–water partition coefficient (Wildman–Crippen LogP) is 4.63. The van der Waals surface area contributed by atoms with Crippen LogP contribution in [0, 0.1) is 18.6 Å². The number of benzene rings is 2. The summed E-state index contributed by atoms with van der Waals surface area (Å²) in [4.78, 5) is 0. The average molecular weight is 296 g/mol. The van der Waals surface area contributed by atoms with Crippen LogP contribution in [-0.2, 0) is 0 Å². The molecule has 0 heterocycles. The molecule has 1 N–H and O–H groups in total. The van der Waals surface area contributed by atoms with Gasteiger partial charge in [-0.15, -0.1) is 0 Å². The molecule has 0 radical (unpaired) electrons. The van der Waals surface area contributed by atoms with Crippen molar-refractivity contribution in [2.45, 2.75) is 19.9 Å². The van der Waals surface area contributed by atoms with Crippen LogP contribution in [0.5, 0.6) is 0 Å². The maximum absolute atomic E-state index is 14.2. The molecule has 0 fully saturated rings. The van der Waals surface area contributed by atoms with Gasteiger partial charge in [0.05, 0.1) is 6.04 Å². The van der Waals surface area contributed by atoms with Crippen LogP contribution in [0.15, 0.2) is 36.4 Å². The first kappa shape index (κ1) is 14.9. The summed E-state index contributed by atoms with van der Waals surface area (Å²) in [5, 5.41) is 3.57. The summed E-state index contributed by atoms with van der Waals surface area (Å²) in [5.74, 6) is -0.712. The molecule has 0 bridgehead atoms. The van der Waals surface area contributed by atoms with Crippen LogP contribution in [0.4, 0.5) is 8.78 Å². The Labute approximate surface area is 122 Å². The molecule has 0 aliphatic heterocycles. The standard InChI is InChI=1S/C16H16ClF2N/c1-3-20-16(12-6-4-10(2)8-15(12)19)13-9-11(18)5-7-14(13)17/h4-9,16,20H,3H2,1-2H3. The molecule has 0 spiro atoms. The van der Waals surface area contributed by atoms with Gasteiger partial charge in [-0.1, -0.05) is 30.7 Å². The van der Waals surface area contributed by atoms with E-state index in [2.05, 4.69) is 5.32 Å². The van der Waals surface area contributed by atoms with Crippen LogP contribution in [0.25, 0.3) is 0 Å². The zero-order valence-electron chi connectivity index (χ0n) is 11.4. The number of halogens is 3. The zero-order valence-corrected chi connectivity index (χ0v) is 12.1. The minimum absolute atomic E-state index is 0.323. The van der Waals surface area contributed by atoms with Gasteiger partial charge in [-0.2, -0.15) is 0 Å². The molecule has 0 aliphatic carbocycles. The lowest BCUT2D eigenvalue weighted by Crippen LogP contribution is -2.23. The van der Waals surface area contributed by atoms with Crippen molar-refractivity contribution in [3.8, 4) is 0 Å². The lowest BCUT2D eigenvalue weighted by molar-refractivity contribution is 0.554. The van der Waals surface area contributed by atoms with E-state index in [1.807, 2.05) is 19.9 Å². The molecule has 2 aromatic carbocycles. The first-order chi connectivity index (χ1) is 9.52. The molecule has 1 atom stereocenters. The van der Waals surface area contributed by atoms with Crippen LogP contribution in [-0.4, -0.2) is 6.54 Å². The van der Waals surface area contributed by atoms with Gasteiger partial charge in [-0.05, 0) is 48.9 Å². The van der Waals surface area contributed by atoms with E-state index in [4.69, 9.17) is 11.6 Å². The van der Waals surface area contributed by atoms with Crippen LogP contribution in [0.2, 0.25) is 5.02 Å². The van der Waals surface area contributed by atoms with Crippen LogP contribution < -0.4 is 5.32 Å². The Kier molecular flexibility index (Phi) is 4.73. The van der Waals surface area contributed by atoms with E-state index in [-0.39, 0.29) is 11.6 Å². The van der Waals surface area contributed by atoms with E-state index in [1.165, 1.54) is 24.3 Å². The molecule has 106 valence electrons. The second-order valence-corrected chi connectivity index (χ2v) is 5.09. The largest absolute Gasteiger partial charge is 0.306 e. The summed E-state index contributed by atoms with van der Waals surface area (Å²) in [5.41, 5.74) is 1.84. The van der Waals surface area contributed by atoms with Gasteiger partial charge in [-0.3, -0.25) is 0 Å². The van der Waals surface area contributed by atoms with Crippen molar-refractivity contribution in [2.24, 2.45) is 0 Å². The first-order valence-corrected chi connectivity index (χ1v) is 6.85. The van der Waals surface area contributed by atoms with Crippen molar-refractivity contribution >= 4 is 11.6 Å². The molecule has 0 saturated carbocycles. The molecule has 0 aliphatic rings. The number of aryl methyl sites for hydroxylation is 1. The predicted molar refractivity (Wildman–Crippen MR) is 78.1 cm³/mol. The maximum atomic E-state index is 14.2. The van der Waals surface area contributed by atoms with Gasteiger partial charge in [0.25, 0.3) is 0 Å². The van der Waals surface area contributed by atoms with E-state index in [1.54, 1.807) is 6.07 Å². The Morgan fingerprint density at radius 1 is 1.10 bits per heavy atom. The SMILES string of the molecule is CCNC(c1ccc(C)cc1F)c1cc(F)ccc1Cl. The Bertz CT molecular complexity index is 613. The summed E-state index contributed by atoms with van der Waals surface area (Å²) in [6, 6.07) is 8.66. The first-order valence-electron chi connectivity index (χ1n) is 6.47. The lowest BCUT2D eigenvalue weighted by atomic mass is 9.97. The fraction of sp³-hybridized carbons (Fsp3) is 0.250. The van der Waals surface area contributed by atoms with E-state index in [9.17, 15) is 8.78 Å². The van der Waals surface area contributed by atoms with E-state index >= 15 is 0 Å². The highest BCUT2D eigenvalue weighted by atomic mass is 35.5. The zero-order chi connectivity index (χ0) is 14.7. The number of nitrogens with one attached hydrogen (secondary N) is 1. The Morgan fingerprint density at radius 2 is 1.85 bits per heavy atom. The monoisotopic (exact) mass is 295 g/mol. The molecule has 1 unspecified atom stereocenters. The highest BCUT2D eigenvalue weighted by Crippen LogP contribution is 2.30. The summed E-state index contributed by atoms with van der Waals surface area (Å²) >= 11 is 6.13. The van der Waals surface area contributed by atoms with Gasteiger partial charge in [0, 0.05) is 10.6 Å². The topological polar surface area (TPSA) is 12.0 Å². The Balaban J connectivity index is 2.53. The number of rotatable bonds is 4. The fourth-order valence-electron chi connectivity index (χ4n) is 2.19. The van der Waals surface area contributed by atoms with Gasteiger partial charge >= 0.3 is 0 Å². The molecule has 1 nitrogen and oxygen atoms in total. The van der Waals surface area contributed by atoms with E-state index in [0.29, 0.717) is 22.7 Å². The number of hydrogen-bond acceptors (Lipinski definition) is 1. The van der Waals surface area contributed by atoms with Crippen molar-refractivity contribution in [3.63, 3.8) is 0 Å². The molecule has 2 aromatic rings. The van der Waals surface area contributed by atoms with E-state index < -0.39 is 6.04 Å². The third kappa shape index (κ3) is 3.17. The van der Waals surface area contributed by atoms with Crippen molar-refractivity contribution in [3.05, 3.63) is 69.7 Å². The van der Waals surface area contributed by atoms with Gasteiger partial charge in [0.2, 0.25) is 0 Å². The number of hydrogen-bond donors (Lipinski definition) is 1. The molecule has 2 rings (SSSR count). The summed E-state index contributed by atoms with van der Waals surface area (Å²) in [6.07, 6.45) is 0. The molecule has 0 aromatic heterocycles. The minimum atomic E-state index is -0.469. The molecule has 4 heteroatoms. The van der Waals surface area contributed by atoms with Gasteiger partial charge in [-0.25, -0.2) is 8.78 Å². The Morgan fingerprint density at radius 3 is 2.50 bits per heavy atom. The van der Waals surface area contributed by atoms with Crippen LogP contribution >= 0.6 is 11.6 Å². The normalized spacial score (nSPS) is 12.4. The third-order valence-corrected chi connectivity index (χ3v) is 3.49. The highest BCUT2D eigenvalue weighted by molar-refractivity contribution is 6.31. The highest BCUT2D eigenvalue weighted by Gasteiger charge is 2.20. The Hall–Kier alpha value is -1.45. The molecule has 0 saturated heterocycles. The van der Waals surface area contributed by atoms with Gasteiger partial charge in [0.1, 0.15) is 11.6 Å². The molecule has 20 heavy (non-hydrogen) atoms. The molecular weight excluding hydrogens is 280 g/mol. The van der Waals surface area contributed by atoms with Gasteiger partial charge < -0.3 is 5.32 Å². The maximum Gasteiger partial charge on any atom is 0.128 e. The minimum Gasteiger partial charge on any atom is -0.306 e. The molecular formula is C16H16ClF2N. The molecule has 0 amide bonds. The van der Waals surface area contributed by atoms with Gasteiger partial charge in [0.15, 0.2) is 0 Å². The lowest BCUT2D eigenvalue weighted by Gasteiger charge is -2.21. The van der Waals surface area contributed by atoms with Crippen molar-refractivity contribution < 1.29 is 8.78 Å². The smallest absolute Gasteiger partial charge is 0.128 e. The summed E-state index contributed by atoms with van der Waals surface area (Å²) in [7, 11) is 0. The average Bonchev–Trinajstić information content (AvgIpc) is 2.40. The summed E-state index contributed by atoms with van der Waals surface area (Å²) in [6.45, 7) is 4.35. The second kappa shape index (κ2) is 6.33. The van der Waals surface area contributed by atoms with Crippen molar-refractivity contribution in [2.75, 3.05) is 6.54 Å². The van der Waals surface area contributed by atoms with Crippen LogP contribution in [0.1, 0.15) is 29.7 Å². The fourth-order valence-corrected chi connectivity index (χ4v) is 2.42. The van der Waals surface area contributed by atoms with Crippen molar-refractivity contribution in [1.82, 2.24) is 5.32 Å².